The Morgan fingerprint density at radius 2 is 1.75 bits per heavy atom. The topological polar surface area (TPSA) is 50.2 Å². The lowest BCUT2D eigenvalue weighted by atomic mass is 9.84. The monoisotopic (exact) mass is 460 g/mol. The minimum Gasteiger partial charge on any atom is -0.340 e. The van der Waals surface area contributed by atoms with Crippen molar-refractivity contribution in [3.05, 3.63) is 65.7 Å². The highest BCUT2D eigenvalue weighted by molar-refractivity contribution is 7.59. The Kier molecular flexibility index (Phi) is 6.19. The van der Waals surface area contributed by atoms with Crippen LogP contribution in [0, 0.1) is 23.4 Å². The van der Waals surface area contributed by atoms with Crippen LogP contribution in [0.2, 0.25) is 0 Å². The SMILES string of the molecule is O=C(C1CCC1)N1CCn2c(nc(-c3ccc(F)cc3)c2Nc2ccc(F)c(F)c2)C1.S. The fourth-order valence-electron chi connectivity index (χ4n) is 4.08. The maximum absolute atomic E-state index is 13.7. The number of benzene rings is 2. The van der Waals surface area contributed by atoms with Gasteiger partial charge in [0.15, 0.2) is 11.6 Å². The maximum Gasteiger partial charge on any atom is 0.226 e. The van der Waals surface area contributed by atoms with E-state index in [9.17, 15) is 18.0 Å². The number of hydrogen-bond donors (Lipinski definition) is 1. The molecule has 5 nitrogen and oxygen atoms in total. The zero-order chi connectivity index (χ0) is 21.5. The van der Waals surface area contributed by atoms with E-state index in [1.807, 2.05) is 9.47 Å². The molecule has 168 valence electrons. The summed E-state index contributed by atoms with van der Waals surface area (Å²) in [5.74, 6) is -0.669. The molecule has 1 aliphatic heterocycles. The van der Waals surface area contributed by atoms with Crippen LogP contribution in [-0.4, -0.2) is 26.9 Å². The first kappa shape index (κ1) is 22.3. The molecule has 2 aromatic carbocycles. The number of carbonyl (C=O) groups excluding carboxylic acids is 1. The van der Waals surface area contributed by atoms with Gasteiger partial charge in [-0.15, -0.1) is 0 Å². The summed E-state index contributed by atoms with van der Waals surface area (Å²) in [5, 5.41) is 3.15. The number of hydrogen-bond acceptors (Lipinski definition) is 3. The third-order valence-corrected chi connectivity index (χ3v) is 6.04. The van der Waals surface area contributed by atoms with Crippen LogP contribution in [0.3, 0.4) is 0 Å². The highest BCUT2D eigenvalue weighted by Crippen LogP contribution is 2.35. The lowest BCUT2D eigenvalue weighted by Crippen LogP contribution is -2.43. The Balaban J connectivity index is 0.00000245. The number of amides is 1. The number of imidazole rings is 1. The molecule has 0 atom stereocenters. The smallest absolute Gasteiger partial charge is 0.226 e. The first-order chi connectivity index (χ1) is 15.0. The van der Waals surface area contributed by atoms with E-state index < -0.39 is 11.6 Å². The van der Waals surface area contributed by atoms with Crippen molar-refractivity contribution in [1.29, 1.82) is 0 Å². The van der Waals surface area contributed by atoms with E-state index in [-0.39, 0.29) is 31.1 Å². The normalized spacial score (nSPS) is 15.5. The highest BCUT2D eigenvalue weighted by Gasteiger charge is 2.33. The molecule has 2 aliphatic rings. The summed E-state index contributed by atoms with van der Waals surface area (Å²) >= 11 is 0. The molecule has 2 heterocycles. The summed E-state index contributed by atoms with van der Waals surface area (Å²) in [6.45, 7) is 1.45. The Morgan fingerprint density at radius 3 is 2.41 bits per heavy atom. The average molecular weight is 461 g/mol. The Hall–Kier alpha value is -2.94. The molecule has 9 heteroatoms. The van der Waals surface area contributed by atoms with Gasteiger partial charge in [0.25, 0.3) is 0 Å². The van der Waals surface area contributed by atoms with Crippen molar-refractivity contribution in [2.45, 2.75) is 32.4 Å². The van der Waals surface area contributed by atoms with Crippen molar-refractivity contribution in [1.82, 2.24) is 14.5 Å². The number of aromatic nitrogens is 2. The Labute approximate surface area is 190 Å². The standard InChI is InChI=1S/C23H21F3N4O.H2S/c24-16-6-4-14(5-7-16)21-22(27-17-8-9-18(25)19(26)12-17)30-11-10-29(13-20(30)28-21)23(31)15-2-1-3-15;/h4-9,12,15,27H,1-3,10-11,13H2;1H2. The molecule has 0 spiro atoms. The van der Waals surface area contributed by atoms with Gasteiger partial charge in [-0.1, -0.05) is 6.42 Å². The quantitative estimate of drug-likeness (QED) is 0.598. The fraction of sp³-hybridized carbons (Fsp3) is 0.304. The van der Waals surface area contributed by atoms with Crippen molar-refractivity contribution in [2.24, 2.45) is 5.92 Å². The predicted octanol–water partition coefficient (Wildman–Crippen LogP) is 4.97. The molecule has 0 saturated heterocycles. The van der Waals surface area contributed by atoms with Crippen molar-refractivity contribution in [2.75, 3.05) is 11.9 Å². The second kappa shape index (κ2) is 8.90. The second-order valence-electron chi connectivity index (χ2n) is 8.03. The van der Waals surface area contributed by atoms with E-state index in [2.05, 4.69) is 5.32 Å². The summed E-state index contributed by atoms with van der Waals surface area (Å²) in [6.07, 6.45) is 2.97. The number of fused-ring (bicyclic) bond motifs is 1. The van der Waals surface area contributed by atoms with Gasteiger partial charge in [-0.2, -0.15) is 13.5 Å². The minimum atomic E-state index is -0.955. The molecule has 1 saturated carbocycles. The molecule has 0 unspecified atom stereocenters. The molecule has 1 aliphatic carbocycles. The Morgan fingerprint density at radius 1 is 1.00 bits per heavy atom. The van der Waals surface area contributed by atoms with Crippen LogP contribution in [0.4, 0.5) is 24.7 Å². The average Bonchev–Trinajstić information content (AvgIpc) is 3.07. The zero-order valence-electron chi connectivity index (χ0n) is 17.2. The number of nitrogens with zero attached hydrogens (tertiary/aromatic N) is 3. The second-order valence-corrected chi connectivity index (χ2v) is 8.03. The first-order valence-electron chi connectivity index (χ1n) is 10.4. The summed E-state index contributed by atoms with van der Waals surface area (Å²) in [7, 11) is 0. The molecule has 1 amide bonds. The number of carbonyl (C=O) groups is 1. The lowest BCUT2D eigenvalue weighted by Gasteiger charge is -2.34. The third-order valence-electron chi connectivity index (χ3n) is 6.04. The van der Waals surface area contributed by atoms with Gasteiger partial charge in [0, 0.05) is 36.3 Å². The van der Waals surface area contributed by atoms with Crippen LogP contribution in [0.1, 0.15) is 25.1 Å². The van der Waals surface area contributed by atoms with Crippen molar-refractivity contribution >= 4 is 30.9 Å². The van der Waals surface area contributed by atoms with Crippen LogP contribution in [0.5, 0.6) is 0 Å². The molecule has 1 fully saturated rings. The van der Waals surface area contributed by atoms with E-state index >= 15 is 0 Å². The maximum atomic E-state index is 13.7. The zero-order valence-corrected chi connectivity index (χ0v) is 18.2. The van der Waals surface area contributed by atoms with Gasteiger partial charge in [0.2, 0.25) is 5.91 Å². The number of rotatable bonds is 4. The predicted molar refractivity (Wildman–Crippen MR) is 120 cm³/mol. The fourth-order valence-corrected chi connectivity index (χ4v) is 4.08. The molecular weight excluding hydrogens is 437 g/mol. The largest absolute Gasteiger partial charge is 0.340 e. The van der Waals surface area contributed by atoms with Gasteiger partial charge < -0.3 is 14.8 Å². The molecule has 5 rings (SSSR count). The van der Waals surface area contributed by atoms with Crippen LogP contribution in [0.15, 0.2) is 42.5 Å². The van der Waals surface area contributed by atoms with E-state index in [1.54, 1.807) is 12.1 Å². The summed E-state index contributed by atoms with van der Waals surface area (Å²) in [5.41, 5.74) is 1.63. The van der Waals surface area contributed by atoms with E-state index in [0.29, 0.717) is 48.2 Å². The molecule has 32 heavy (non-hydrogen) atoms. The molecular formula is C23H23F3N4OS. The Bertz CT molecular complexity index is 1140. The van der Waals surface area contributed by atoms with E-state index in [4.69, 9.17) is 4.98 Å². The number of nitrogens with one attached hydrogen (secondary N) is 1. The van der Waals surface area contributed by atoms with Gasteiger partial charge in [-0.05, 0) is 49.2 Å². The number of anilines is 2. The van der Waals surface area contributed by atoms with Gasteiger partial charge in [-0.25, -0.2) is 18.2 Å². The van der Waals surface area contributed by atoms with Crippen LogP contribution >= 0.6 is 13.5 Å². The molecule has 0 bridgehead atoms. The summed E-state index contributed by atoms with van der Waals surface area (Å²) in [4.78, 5) is 19.3. The molecule has 0 radical (unpaired) electrons. The van der Waals surface area contributed by atoms with Crippen LogP contribution in [-0.2, 0) is 17.9 Å². The number of halogens is 3. The van der Waals surface area contributed by atoms with Crippen LogP contribution < -0.4 is 5.32 Å². The summed E-state index contributed by atoms with van der Waals surface area (Å²) < 4.78 is 42.5. The molecule has 3 aromatic rings. The van der Waals surface area contributed by atoms with Crippen molar-refractivity contribution in [3.8, 4) is 11.3 Å². The van der Waals surface area contributed by atoms with Gasteiger partial charge in [0.1, 0.15) is 23.2 Å². The first-order valence-corrected chi connectivity index (χ1v) is 10.4. The van der Waals surface area contributed by atoms with Crippen molar-refractivity contribution in [3.63, 3.8) is 0 Å². The van der Waals surface area contributed by atoms with Crippen molar-refractivity contribution < 1.29 is 18.0 Å². The van der Waals surface area contributed by atoms with E-state index in [0.717, 1.165) is 31.4 Å². The minimum absolute atomic E-state index is 0. The summed E-state index contributed by atoms with van der Waals surface area (Å²) in [6, 6.07) is 9.53. The van der Waals surface area contributed by atoms with Gasteiger partial charge in [-0.3, -0.25) is 4.79 Å². The molecule has 1 aromatic heterocycles. The highest BCUT2D eigenvalue weighted by atomic mass is 32.1. The third kappa shape index (κ3) is 4.09. The van der Waals surface area contributed by atoms with E-state index in [1.165, 1.54) is 18.2 Å². The van der Waals surface area contributed by atoms with Gasteiger partial charge >= 0.3 is 0 Å². The van der Waals surface area contributed by atoms with Crippen LogP contribution in [0.25, 0.3) is 11.3 Å². The van der Waals surface area contributed by atoms with Gasteiger partial charge in [0.05, 0.1) is 6.54 Å². The molecule has 1 N–H and O–H groups in total. The lowest BCUT2D eigenvalue weighted by molar-refractivity contribution is -0.139.